The van der Waals surface area contributed by atoms with Gasteiger partial charge in [-0.05, 0) is 48.0 Å². The van der Waals surface area contributed by atoms with Crippen molar-refractivity contribution in [3.8, 4) is 0 Å². The van der Waals surface area contributed by atoms with E-state index in [4.69, 9.17) is 11.6 Å². The Labute approximate surface area is 150 Å². The molecule has 1 aliphatic rings. The van der Waals surface area contributed by atoms with Gasteiger partial charge in [-0.1, -0.05) is 17.7 Å². The minimum absolute atomic E-state index is 0.101. The van der Waals surface area contributed by atoms with Crippen molar-refractivity contribution in [2.24, 2.45) is 5.18 Å². The fraction of sp³-hybridized carbons (Fsp3) is 0.278. The van der Waals surface area contributed by atoms with E-state index >= 15 is 0 Å². The Morgan fingerprint density at radius 2 is 1.68 bits per heavy atom. The van der Waals surface area contributed by atoms with E-state index in [9.17, 15) is 14.8 Å². The Kier molecular flexibility index (Phi) is 4.90. The fourth-order valence-electron chi connectivity index (χ4n) is 3.14. The van der Waals surface area contributed by atoms with Gasteiger partial charge >= 0.3 is 5.97 Å². The van der Waals surface area contributed by atoms with E-state index in [1.807, 2.05) is 30.0 Å². The molecule has 0 amide bonds. The Balaban J connectivity index is 1.80. The number of carboxylic acids is 1. The average molecular weight is 360 g/mol. The summed E-state index contributed by atoms with van der Waals surface area (Å²) in [6, 6.07) is 10.3. The van der Waals surface area contributed by atoms with Gasteiger partial charge in [-0.3, -0.25) is 0 Å². The molecule has 0 aromatic heterocycles. The molecule has 1 N–H and O–H groups in total. The number of anilines is 2. The smallest absolute Gasteiger partial charge is 0.337 e. The first-order valence-electron chi connectivity index (χ1n) is 7.96. The van der Waals surface area contributed by atoms with Crippen LogP contribution in [-0.4, -0.2) is 37.3 Å². The summed E-state index contributed by atoms with van der Waals surface area (Å²) in [4.78, 5) is 26.4. The van der Waals surface area contributed by atoms with Crippen molar-refractivity contribution in [3.63, 3.8) is 0 Å². The summed E-state index contributed by atoms with van der Waals surface area (Å²) in [5.41, 5.74) is 3.10. The van der Waals surface area contributed by atoms with Gasteiger partial charge in [0.1, 0.15) is 5.69 Å². The third-order valence-corrected chi connectivity index (χ3v) is 4.68. The molecular formula is C18H18ClN3O3. The Morgan fingerprint density at radius 1 is 1.04 bits per heavy atom. The maximum absolute atomic E-state index is 11.5. The molecule has 0 atom stereocenters. The first kappa shape index (κ1) is 17.2. The molecule has 0 saturated carbocycles. The van der Waals surface area contributed by atoms with E-state index in [0.717, 1.165) is 24.3 Å². The van der Waals surface area contributed by atoms with Crippen LogP contribution in [0.25, 0.3) is 0 Å². The highest BCUT2D eigenvalue weighted by Gasteiger charge is 2.23. The SMILES string of the molecule is Cc1ccc(Cl)cc1N1CCN(c2ccc(N=O)cc2C(=O)O)CC1. The van der Waals surface area contributed by atoms with Crippen molar-refractivity contribution >= 4 is 34.6 Å². The van der Waals surface area contributed by atoms with Crippen LogP contribution in [0.15, 0.2) is 41.6 Å². The van der Waals surface area contributed by atoms with E-state index in [1.165, 1.54) is 6.07 Å². The first-order valence-corrected chi connectivity index (χ1v) is 8.34. The molecule has 1 aliphatic heterocycles. The summed E-state index contributed by atoms with van der Waals surface area (Å²) < 4.78 is 0. The van der Waals surface area contributed by atoms with Gasteiger partial charge in [0.15, 0.2) is 0 Å². The molecule has 1 fully saturated rings. The number of aromatic carboxylic acids is 1. The lowest BCUT2D eigenvalue weighted by atomic mass is 10.1. The highest BCUT2D eigenvalue weighted by molar-refractivity contribution is 6.30. The van der Waals surface area contributed by atoms with Crippen LogP contribution in [0.3, 0.4) is 0 Å². The topological polar surface area (TPSA) is 73.2 Å². The van der Waals surface area contributed by atoms with Crippen LogP contribution in [0, 0.1) is 11.8 Å². The van der Waals surface area contributed by atoms with Crippen LogP contribution in [0.2, 0.25) is 5.02 Å². The number of carbonyl (C=O) groups is 1. The zero-order chi connectivity index (χ0) is 18.0. The number of halogens is 1. The summed E-state index contributed by atoms with van der Waals surface area (Å²) in [5.74, 6) is -1.06. The molecule has 7 heteroatoms. The Morgan fingerprint density at radius 3 is 2.28 bits per heavy atom. The zero-order valence-corrected chi connectivity index (χ0v) is 14.5. The molecule has 0 bridgehead atoms. The molecule has 0 spiro atoms. The average Bonchev–Trinajstić information content (AvgIpc) is 2.63. The molecule has 0 radical (unpaired) electrons. The van der Waals surface area contributed by atoms with Crippen LogP contribution in [-0.2, 0) is 0 Å². The molecule has 3 rings (SSSR count). The summed E-state index contributed by atoms with van der Waals surface area (Å²) in [6.45, 7) is 4.92. The maximum atomic E-state index is 11.5. The standard InChI is InChI=1S/C18H18ClN3O3/c1-12-2-3-13(19)10-17(12)22-8-6-21(7-9-22)16-5-4-14(20-25)11-15(16)18(23)24/h2-5,10-11H,6-9H2,1H3,(H,23,24). The van der Waals surface area contributed by atoms with Crippen molar-refractivity contribution < 1.29 is 9.90 Å². The van der Waals surface area contributed by atoms with Crippen molar-refractivity contribution in [1.82, 2.24) is 0 Å². The number of carboxylic acid groups (broad SMARTS) is 1. The summed E-state index contributed by atoms with van der Waals surface area (Å²) in [7, 11) is 0. The molecular weight excluding hydrogens is 342 g/mol. The molecule has 2 aromatic carbocycles. The third kappa shape index (κ3) is 3.58. The van der Waals surface area contributed by atoms with Crippen LogP contribution in [0.5, 0.6) is 0 Å². The van der Waals surface area contributed by atoms with Gasteiger partial charge in [-0.25, -0.2) is 4.79 Å². The van der Waals surface area contributed by atoms with Gasteiger partial charge in [0.05, 0.1) is 11.3 Å². The van der Waals surface area contributed by atoms with Gasteiger partial charge in [-0.2, -0.15) is 0 Å². The van der Waals surface area contributed by atoms with Gasteiger partial charge in [0.2, 0.25) is 0 Å². The number of hydrogen-bond acceptors (Lipinski definition) is 5. The lowest BCUT2D eigenvalue weighted by Crippen LogP contribution is -2.47. The first-order chi connectivity index (χ1) is 12.0. The second-order valence-corrected chi connectivity index (χ2v) is 6.44. The molecule has 1 heterocycles. The van der Waals surface area contributed by atoms with Crippen molar-refractivity contribution in [1.29, 1.82) is 0 Å². The van der Waals surface area contributed by atoms with Gasteiger partial charge in [0, 0.05) is 36.9 Å². The number of rotatable bonds is 4. The number of nitroso groups, excluding NO2 is 1. The maximum Gasteiger partial charge on any atom is 0.337 e. The largest absolute Gasteiger partial charge is 0.478 e. The summed E-state index contributed by atoms with van der Waals surface area (Å²) in [5, 5.41) is 12.9. The highest BCUT2D eigenvalue weighted by Crippen LogP contribution is 2.29. The van der Waals surface area contributed by atoms with E-state index < -0.39 is 5.97 Å². The Bertz CT molecular complexity index is 817. The number of benzene rings is 2. The molecule has 0 unspecified atom stereocenters. The normalized spacial score (nSPS) is 14.5. The molecule has 1 saturated heterocycles. The molecule has 130 valence electrons. The number of hydrogen-bond donors (Lipinski definition) is 1. The molecule has 0 aliphatic carbocycles. The summed E-state index contributed by atoms with van der Waals surface area (Å²) in [6.07, 6.45) is 0. The van der Waals surface area contributed by atoms with E-state index in [2.05, 4.69) is 10.1 Å². The molecule has 6 nitrogen and oxygen atoms in total. The second kappa shape index (κ2) is 7.11. The van der Waals surface area contributed by atoms with Crippen molar-refractivity contribution in [3.05, 3.63) is 57.5 Å². The zero-order valence-electron chi connectivity index (χ0n) is 13.8. The predicted molar refractivity (Wildman–Crippen MR) is 99.5 cm³/mol. The van der Waals surface area contributed by atoms with Crippen LogP contribution < -0.4 is 9.80 Å². The van der Waals surface area contributed by atoms with Gasteiger partial charge in [-0.15, -0.1) is 4.91 Å². The van der Waals surface area contributed by atoms with Gasteiger partial charge < -0.3 is 14.9 Å². The van der Waals surface area contributed by atoms with Crippen LogP contribution >= 0.6 is 11.6 Å². The van der Waals surface area contributed by atoms with Gasteiger partial charge in [0.25, 0.3) is 0 Å². The van der Waals surface area contributed by atoms with E-state index in [0.29, 0.717) is 23.8 Å². The molecule has 25 heavy (non-hydrogen) atoms. The van der Waals surface area contributed by atoms with Crippen molar-refractivity contribution in [2.75, 3.05) is 36.0 Å². The lowest BCUT2D eigenvalue weighted by molar-refractivity contribution is 0.0697. The third-order valence-electron chi connectivity index (χ3n) is 4.45. The fourth-order valence-corrected chi connectivity index (χ4v) is 3.31. The number of aryl methyl sites for hydroxylation is 1. The predicted octanol–water partition coefficient (Wildman–Crippen LogP) is 4.07. The van der Waals surface area contributed by atoms with Crippen LogP contribution in [0.1, 0.15) is 15.9 Å². The minimum Gasteiger partial charge on any atom is -0.478 e. The molecule has 2 aromatic rings. The number of piperazine rings is 1. The summed E-state index contributed by atoms with van der Waals surface area (Å²) >= 11 is 6.11. The van der Waals surface area contributed by atoms with E-state index in [-0.39, 0.29) is 11.3 Å². The van der Waals surface area contributed by atoms with Crippen molar-refractivity contribution in [2.45, 2.75) is 6.92 Å². The van der Waals surface area contributed by atoms with E-state index in [1.54, 1.807) is 12.1 Å². The second-order valence-electron chi connectivity index (χ2n) is 6.00. The monoisotopic (exact) mass is 359 g/mol. The quantitative estimate of drug-likeness (QED) is 0.833. The van der Waals surface area contributed by atoms with Crippen LogP contribution in [0.4, 0.5) is 17.1 Å². The highest BCUT2D eigenvalue weighted by atomic mass is 35.5. The lowest BCUT2D eigenvalue weighted by Gasteiger charge is -2.38. The Hall–Kier alpha value is -2.60. The number of nitrogens with zero attached hydrogens (tertiary/aromatic N) is 3. The minimum atomic E-state index is -1.06.